The number of hydrogen-bond donors (Lipinski definition) is 2. The topological polar surface area (TPSA) is 75.3 Å². The van der Waals surface area contributed by atoms with Crippen LogP contribution in [0.15, 0.2) is 53.4 Å². The highest BCUT2D eigenvalue weighted by atomic mass is 35.5. The van der Waals surface area contributed by atoms with Crippen molar-refractivity contribution < 1.29 is 17.6 Å². The predicted molar refractivity (Wildman–Crippen MR) is 94.1 cm³/mol. The molecule has 2 aromatic rings. The molecule has 134 valence electrons. The number of amides is 1. The van der Waals surface area contributed by atoms with Crippen molar-refractivity contribution in [1.82, 2.24) is 10.0 Å². The summed E-state index contributed by atoms with van der Waals surface area (Å²) in [5, 5.41) is 3.27. The molecule has 2 N–H and O–H groups in total. The van der Waals surface area contributed by atoms with Crippen LogP contribution in [-0.4, -0.2) is 20.4 Å². The van der Waals surface area contributed by atoms with Crippen LogP contribution in [0.1, 0.15) is 18.9 Å². The van der Waals surface area contributed by atoms with Crippen LogP contribution in [0.4, 0.5) is 4.39 Å². The maximum absolute atomic E-state index is 12.9. The summed E-state index contributed by atoms with van der Waals surface area (Å²) in [4.78, 5) is 12.2. The number of nitrogens with one attached hydrogen (secondary N) is 2. The number of rotatable bonds is 7. The lowest BCUT2D eigenvalue weighted by molar-refractivity contribution is -0.122. The van der Waals surface area contributed by atoms with Gasteiger partial charge in [0.05, 0.1) is 4.90 Å². The fourth-order valence-electron chi connectivity index (χ4n) is 2.11. The van der Waals surface area contributed by atoms with Gasteiger partial charge < -0.3 is 5.32 Å². The number of benzene rings is 2. The van der Waals surface area contributed by atoms with Crippen LogP contribution in [0, 0.1) is 5.82 Å². The predicted octanol–water partition coefficient (Wildman–Crippen LogP) is 2.85. The molecule has 0 aliphatic carbocycles. The normalized spacial score (nSPS) is 12.6. The molecule has 0 aromatic heterocycles. The van der Waals surface area contributed by atoms with Crippen molar-refractivity contribution in [2.24, 2.45) is 0 Å². The van der Waals surface area contributed by atoms with Gasteiger partial charge in [-0.3, -0.25) is 4.79 Å². The molecule has 1 amide bonds. The summed E-state index contributed by atoms with van der Waals surface area (Å²) in [6.07, 6.45) is 0.271. The molecule has 0 radical (unpaired) electrons. The Hall–Kier alpha value is -1.96. The third kappa shape index (κ3) is 5.52. The first-order chi connectivity index (χ1) is 11.8. The van der Waals surface area contributed by atoms with Gasteiger partial charge >= 0.3 is 0 Å². The molecule has 0 saturated heterocycles. The van der Waals surface area contributed by atoms with E-state index in [9.17, 15) is 17.6 Å². The lowest BCUT2D eigenvalue weighted by Crippen LogP contribution is -2.46. The molecule has 0 bridgehead atoms. The second-order valence-corrected chi connectivity index (χ2v) is 7.53. The number of sulfonamides is 1. The van der Waals surface area contributed by atoms with E-state index >= 15 is 0 Å². The number of carbonyl (C=O) groups is 1. The minimum Gasteiger partial charge on any atom is -0.351 e. The van der Waals surface area contributed by atoms with E-state index in [1.54, 1.807) is 31.2 Å². The molecular weight excluding hydrogens is 367 g/mol. The van der Waals surface area contributed by atoms with Crippen molar-refractivity contribution in [2.45, 2.75) is 30.8 Å². The highest BCUT2D eigenvalue weighted by Gasteiger charge is 2.24. The fourth-order valence-corrected chi connectivity index (χ4v) is 3.51. The van der Waals surface area contributed by atoms with Gasteiger partial charge in [0.15, 0.2) is 0 Å². The van der Waals surface area contributed by atoms with E-state index in [-0.39, 0.29) is 17.9 Å². The Morgan fingerprint density at radius 3 is 2.28 bits per heavy atom. The second-order valence-electron chi connectivity index (χ2n) is 5.38. The van der Waals surface area contributed by atoms with E-state index in [0.717, 1.165) is 29.8 Å². The van der Waals surface area contributed by atoms with Gasteiger partial charge in [0, 0.05) is 11.6 Å². The largest absolute Gasteiger partial charge is 0.351 e. The van der Waals surface area contributed by atoms with Crippen molar-refractivity contribution in [1.29, 1.82) is 0 Å². The summed E-state index contributed by atoms with van der Waals surface area (Å²) < 4.78 is 39.9. The van der Waals surface area contributed by atoms with Gasteiger partial charge in [0.25, 0.3) is 0 Å². The molecule has 0 aliphatic rings. The summed E-state index contributed by atoms with van der Waals surface area (Å²) in [5.74, 6) is -0.977. The van der Waals surface area contributed by atoms with Crippen LogP contribution in [0.25, 0.3) is 0 Å². The van der Waals surface area contributed by atoms with E-state index in [0.29, 0.717) is 5.02 Å². The lowest BCUT2D eigenvalue weighted by atomic mass is 10.2. The maximum atomic E-state index is 12.9. The molecule has 0 spiro atoms. The molecular formula is C17H18ClFN2O3S. The van der Waals surface area contributed by atoms with Gasteiger partial charge in [-0.05, 0) is 48.4 Å². The zero-order chi connectivity index (χ0) is 18.4. The molecule has 1 atom stereocenters. The standard InChI is InChI=1S/C17H18ClFN2O3S/c1-2-16(17(22)20-11-12-3-5-13(18)6-4-12)21-25(23,24)15-9-7-14(19)8-10-15/h3-10,16,21H,2,11H2,1H3,(H,20,22). The minimum absolute atomic E-state index is 0.0992. The van der Waals surface area contributed by atoms with Crippen LogP contribution in [0.3, 0.4) is 0 Å². The minimum atomic E-state index is -3.92. The Balaban J connectivity index is 2.01. The van der Waals surface area contributed by atoms with Gasteiger partial charge in [-0.1, -0.05) is 30.7 Å². The van der Waals surface area contributed by atoms with E-state index in [1.807, 2.05) is 0 Å². The molecule has 1 unspecified atom stereocenters. The van der Waals surface area contributed by atoms with Crippen LogP contribution >= 0.6 is 11.6 Å². The first-order valence-corrected chi connectivity index (χ1v) is 9.48. The molecule has 0 saturated carbocycles. The van der Waals surface area contributed by atoms with Gasteiger partial charge in [0.2, 0.25) is 15.9 Å². The molecule has 2 aromatic carbocycles. The Morgan fingerprint density at radius 2 is 1.72 bits per heavy atom. The SMILES string of the molecule is CCC(NS(=O)(=O)c1ccc(F)cc1)C(=O)NCc1ccc(Cl)cc1. The Morgan fingerprint density at radius 1 is 1.12 bits per heavy atom. The van der Waals surface area contributed by atoms with Crippen molar-refractivity contribution in [3.05, 3.63) is 64.9 Å². The Kier molecular flexibility index (Phi) is 6.52. The fraction of sp³-hybridized carbons (Fsp3) is 0.235. The summed E-state index contributed by atoms with van der Waals surface area (Å²) in [5.41, 5.74) is 0.842. The molecule has 0 aliphatic heterocycles. The summed E-state index contributed by atoms with van der Waals surface area (Å²) >= 11 is 5.80. The second kappa shape index (κ2) is 8.42. The molecule has 25 heavy (non-hydrogen) atoms. The summed E-state index contributed by atoms with van der Waals surface area (Å²) in [7, 11) is -3.92. The van der Waals surface area contributed by atoms with Gasteiger partial charge in [-0.25, -0.2) is 12.8 Å². The van der Waals surface area contributed by atoms with E-state index in [1.165, 1.54) is 0 Å². The highest BCUT2D eigenvalue weighted by molar-refractivity contribution is 7.89. The van der Waals surface area contributed by atoms with E-state index in [4.69, 9.17) is 11.6 Å². The van der Waals surface area contributed by atoms with E-state index in [2.05, 4.69) is 10.0 Å². The third-order valence-corrected chi connectivity index (χ3v) is 5.27. The smallest absolute Gasteiger partial charge is 0.241 e. The zero-order valence-corrected chi connectivity index (χ0v) is 15.1. The Bertz CT molecular complexity index is 824. The van der Waals surface area contributed by atoms with Crippen molar-refractivity contribution in [3.63, 3.8) is 0 Å². The monoisotopic (exact) mass is 384 g/mol. The molecule has 2 rings (SSSR count). The van der Waals surface area contributed by atoms with Gasteiger partial charge in [-0.2, -0.15) is 4.72 Å². The Labute approximate surface area is 151 Å². The van der Waals surface area contributed by atoms with Crippen molar-refractivity contribution >= 4 is 27.5 Å². The number of carbonyl (C=O) groups excluding carboxylic acids is 1. The molecule has 8 heteroatoms. The number of halogens is 2. The highest BCUT2D eigenvalue weighted by Crippen LogP contribution is 2.12. The van der Waals surface area contributed by atoms with Gasteiger partial charge in [-0.15, -0.1) is 0 Å². The first kappa shape index (κ1) is 19.4. The van der Waals surface area contributed by atoms with Crippen LogP contribution < -0.4 is 10.0 Å². The van der Waals surface area contributed by atoms with Crippen LogP contribution in [0.5, 0.6) is 0 Å². The van der Waals surface area contributed by atoms with Crippen molar-refractivity contribution in [2.75, 3.05) is 0 Å². The summed E-state index contributed by atoms with van der Waals surface area (Å²) in [6.45, 7) is 1.95. The lowest BCUT2D eigenvalue weighted by Gasteiger charge is -2.17. The average molecular weight is 385 g/mol. The quantitative estimate of drug-likeness (QED) is 0.770. The zero-order valence-electron chi connectivity index (χ0n) is 13.5. The number of hydrogen-bond acceptors (Lipinski definition) is 3. The van der Waals surface area contributed by atoms with Crippen LogP contribution in [0.2, 0.25) is 5.02 Å². The average Bonchev–Trinajstić information content (AvgIpc) is 2.59. The third-order valence-electron chi connectivity index (χ3n) is 3.53. The first-order valence-electron chi connectivity index (χ1n) is 7.62. The molecule has 0 fully saturated rings. The maximum Gasteiger partial charge on any atom is 0.241 e. The molecule has 5 nitrogen and oxygen atoms in total. The van der Waals surface area contributed by atoms with Gasteiger partial charge in [0.1, 0.15) is 11.9 Å². The van der Waals surface area contributed by atoms with E-state index < -0.39 is 27.8 Å². The summed E-state index contributed by atoms with van der Waals surface area (Å²) in [6, 6.07) is 10.4. The van der Waals surface area contributed by atoms with Crippen LogP contribution in [-0.2, 0) is 21.4 Å². The van der Waals surface area contributed by atoms with Crippen molar-refractivity contribution in [3.8, 4) is 0 Å². The molecule has 0 heterocycles.